The number of anilines is 1. The topological polar surface area (TPSA) is 42.0 Å². The van der Waals surface area contributed by atoms with Gasteiger partial charge in [-0.15, -0.1) is 11.3 Å². The molecule has 0 aromatic carbocycles. The number of hydrogen-bond donors (Lipinski definition) is 1. The highest BCUT2D eigenvalue weighted by Crippen LogP contribution is 2.17. The zero-order chi connectivity index (χ0) is 9.19. The molecule has 3 nitrogen and oxygen atoms in total. The third kappa shape index (κ3) is 2.19. The van der Waals surface area contributed by atoms with Crippen LogP contribution in [0.2, 0.25) is 0 Å². The van der Waals surface area contributed by atoms with Gasteiger partial charge < -0.3 is 5.32 Å². The molecule has 1 aromatic heterocycles. The van der Waals surface area contributed by atoms with Crippen LogP contribution in [0.4, 0.5) is 19.0 Å². The molecule has 0 radical (unpaired) electrons. The van der Waals surface area contributed by atoms with E-state index in [-0.39, 0.29) is 5.82 Å². The minimum atomic E-state index is -4.86. The molecule has 1 N–H and O–H groups in total. The third-order valence-electron chi connectivity index (χ3n) is 0.931. The van der Waals surface area contributed by atoms with Gasteiger partial charge in [0.25, 0.3) is 0 Å². The summed E-state index contributed by atoms with van der Waals surface area (Å²) >= 11 is 1.10. The van der Waals surface area contributed by atoms with Crippen LogP contribution in [0.25, 0.3) is 0 Å². The molecule has 12 heavy (non-hydrogen) atoms. The molecule has 66 valence electrons. The zero-order valence-electron chi connectivity index (χ0n) is 5.55. The predicted molar refractivity (Wildman–Crippen MR) is 36.8 cm³/mol. The molecule has 0 aliphatic rings. The Labute approximate surface area is 69.2 Å². The molecule has 0 atom stereocenters. The third-order valence-corrected chi connectivity index (χ3v) is 1.52. The normalized spacial score (nSPS) is 11.2. The lowest BCUT2D eigenvalue weighted by molar-refractivity contribution is -0.167. The molecule has 1 amide bonds. The molecule has 0 spiro atoms. The Balaban J connectivity index is 2.60. The number of thiazole rings is 1. The number of rotatable bonds is 1. The minimum absolute atomic E-state index is 0.0812. The van der Waals surface area contributed by atoms with Gasteiger partial charge in [-0.3, -0.25) is 4.79 Å². The van der Waals surface area contributed by atoms with Crippen LogP contribution in [0.5, 0.6) is 0 Å². The number of carbonyl (C=O) groups is 1. The molecule has 1 rings (SSSR count). The van der Waals surface area contributed by atoms with Gasteiger partial charge in [-0.25, -0.2) is 4.98 Å². The zero-order valence-corrected chi connectivity index (χ0v) is 6.37. The maximum atomic E-state index is 11.6. The molecule has 1 heterocycles. The van der Waals surface area contributed by atoms with Crippen molar-refractivity contribution in [3.63, 3.8) is 0 Å². The summed E-state index contributed by atoms with van der Waals surface area (Å²) in [5.74, 6) is -2.09. The van der Waals surface area contributed by atoms with E-state index in [0.717, 1.165) is 11.3 Å². The van der Waals surface area contributed by atoms with Gasteiger partial charge in [0.05, 0.1) is 5.51 Å². The van der Waals surface area contributed by atoms with E-state index in [4.69, 9.17) is 0 Å². The maximum Gasteiger partial charge on any atom is 0.471 e. The molecule has 1 aromatic rings. The van der Waals surface area contributed by atoms with E-state index in [9.17, 15) is 18.0 Å². The highest BCUT2D eigenvalue weighted by molar-refractivity contribution is 7.07. The van der Waals surface area contributed by atoms with Crippen LogP contribution in [0.15, 0.2) is 10.9 Å². The standard InChI is InChI=1S/C5H3F3N2OS/c6-5(7,8)4(11)10-3-1-12-2-9-3/h1-2H,(H,10,11). The van der Waals surface area contributed by atoms with Crippen molar-refractivity contribution in [2.75, 3.05) is 5.32 Å². The summed E-state index contributed by atoms with van der Waals surface area (Å²) in [6.07, 6.45) is -4.86. The largest absolute Gasteiger partial charge is 0.471 e. The molecule has 0 saturated heterocycles. The van der Waals surface area contributed by atoms with Crippen LogP contribution in [0, 0.1) is 0 Å². The molecule has 7 heteroatoms. The van der Waals surface area contributed by atoms with Gasteiger partial charge in [-0.2, -0.15) is 13.2 Å². The highest BCUT2D eigenvalue weighted by Gasteiger charge is 2.38. The first-order chi connectivity index (χ1) is 5.50. The van der Waals surface area contributed by atoms with E-state index in [0.29, 0.717) is 0 Å². The van der Waals surface area contributed by atoms with Crippen molar-refractivity contribution < 1.29 is 18.0 Å². The van der Waals surface area contributed by atoms with Crippen molar-refractivity contribution in [3.05, 3.63) is 10.9 Å². The summed E-state index contributed by atoms with van der Waals surface area (Å²) in [4.78, 5) is 13.7. The Kier molecular flexibility index (Phi) is 2.32. The Bertz CT molecular complexity index is 269. The first kappa shape index (κ1) is 8.98. The molecule has 0 unspecified atom stereocenters. The number of hydrogen-bond acceptors (Lipinski definition) is 3. The van der Waals surface area contributed by atoms with Crippen LogP contribution >= 0.6 is 11.3 Å². The van der Waals surface area contributed by atoms with Gasteiger partial charge in [-0.05, 0) is 0 Å². The summed E-state index contributed by atoms with van der Waals surface area (Å²) in [6, 6.07) is 0. The lowest BCUT2D eigenvalue weighted by Crippen LogP contribution is -2.29. The van der Waals surface area contributed by atoms with Crippen molar-refractivity contribution in [1.29, 1.82) is 0 Å². The first-order valence-electron chi connectivity index (χ1n) is 2.76. The molecule has 0 aliphatic carbocycles. The Morgan fingerprint density at radius 2 is 2.25 bits per heavy atom. The van der Waals surface area contributed by atoms with Gasteiger partial charge in [0.2, 0.25) is 0 Å². The van der Waals surface area contributed by atoms with E-state index in [1.807, 2.05) is 0 Å². The SMILES string of the molecule is O=C(Nc1cscn1)C(F)(F)F. The number of halogens is 3. The van der Waals surface area contributed by atoms with Crippen molar-refractivity contribution in [1.82, 2.24) is 4.98 Å². The van der Waals surface area contributed by atoms with E-state index in [1.54, 1.807) is 5.32 Å². The van der Waals surface area contributed by atoms with Crippen LogP contribution in [0.1, 0.15) is 0 Å². The van der Waals surface area contributed by atoms with E-state index < -0.39 is 12.1 Å². The molecule has 0 saturated carbocycles. The van der Waals surface area contributed by atoms with Gasteiger partial charge >= 0.3 is 12.1 Å². The summed E-state index contributed by atoms with van der Waals surface area (Å²) in [5.41, 5.74) is 1.33. The van der Waals surface area contributed by atoms with Crippen molar-refractivity contribution >= 4 is 23.1 Å². The van der Waals surface area contributed by atoms with E-state index in [1.165, 1.54) is 10.9 Å². The molecular weight excluding hydrogens is 193 g/mol. The second-order valence-electron chi connectivity index (χ2n) is 1.83. The second kappa shape index (κ2) is 3.10. The minimum Gasteiger partial charge on any atom is -0.302 e. The fourth-order valence-corrected chi connectivity index (χ4v) is 0.945. The predicted octanol–water partition coefficient (Wildman–Crippen LogP) is 1.64. The molecule has 0 aliphatic heterocycles. The van der Waals surface area contributed by atoms with Gasteiger partial charge in [0, 0.05) is 5.38 Å². The van der Waals surface area contributed by atoms with Crippen LogP contribution < -0.4 is 5.32 Å². The van der Waals surface area contributed by atoms with Crippen LogP contribution in [0.3, 0.4) is 0 Å². The van der Waals surface area contributed by atoms with Crippen molar-refractivity contribution in [2.24, 2.45) is 0 Å². The fraction of sp³-hybridized carbons (Fsp3) is 0.200. The molecule has 0 fully saturated rings. The van der Waals surface area contributed by atoms with Crippen molar-refractivity contribution in [3.8, 4) is 0 Å². The number of alkyl halides is 3. The second-order valence-corrected chi connectivity index (χ2v) is 2.54. The maximum absolute atomic E-state index is 11.6. The van der Waals surface area contributed by atoms with E-state index >= 15 is 0 Å². The summed E-state index contributed by atoms with van der Waals surface area (Å²) in [6.45, 7) is 0. The average molecular weight is 196 g/mol. The lowest BCUT2D eigenvalue weighted by Gasteiger charge is -2.04. The highest BCUT2D eigenvalue weighted by atomic mass is 32.1. The van der Waals surface area contributed by atoms with Crippen LogP contribution in [-0.2, 0) is 4.79 Å². The number of nitrogens with zero attached hydrogens (tertiary/aromatic N) is 1. The Hall–Kier alpha value is -1.11. The quantitative estimate of drug-likeness (QED) is 0.741. The summed E-state index contributed by atoms with van der Waals surface area (Å²) in [5, 5.41) is 2.91. The molecule has 0 bridgehead atoms. The summed E-state index contributed by atoms with van der Waals surface area (Å²) in [7, 11) is 0. The van der Waals surface area contributed by atoms with Crippen LogP contribution in [-0.4, -0.2) is 17.1 Å². The lowest BCUT2D eigenvalue weighted by atomic mass is 10.6. The number of aromatic nitrogens is 1. The first-order valence-corrected chi connectivity index (χ1v) is 3.71. The van der Waals surface area contributed by atoms with Gasteiger partial charge in [0.1, 0.15) is 5.82 Å². The fourth-order valence-electron chi connectivity index (χ4n) is 0.461. The number of nitrogens with one attached hydrogen (secondary N) is 1. The Morgan fingerprint density at radius 3 is 2.67 bits per heavy atom. The smallest absolute Gasteiger partial charge is 0.302 e. The van der Waals surface area contributed by atoms with Gasteiger partial charge in [0.15, 0.2) is 0 Å². The van der Waals surface area contributed by atoms with E-state index in [2.05, 4.69) is 4.98 Å². The number of carbonyl (C=O) groups excluding carboxylic acids is 1. The molecular formula is C5H3F3N2OS. The summed E-state index contributed by atoms with van der Waals surface area (Å²) < 4.78 is 34.8. The van der Waals surface area contributed by atoms with Gasteiger partial charge in [-0.1, -0.05) is 0 Å². The Morgan fingerprint density at radius 1 is 1.58 bits per heavy atom. The number of amides is 1. The van der Waals surface area contributed by atoms with Crippen molar-refractivity contribution in [2.45, 2.75) is 6.18 Å². The monoisotopic (exact) mass is 196 g/mol. The average Bonchev–Trinajstić information content (AvgIpc) is 2.37.